The number of nitrogens with one attached hydrogen (secondary N) is 1. The highest BCUT2D eigenvalue weighted by Crippen LogP contribution is 2.36. The molecule has 0 saturated carbocycles. The quantitative estimate of drug-likeness (QED) is 0.139. The fraction of sp³-hybridized carbons (Fsp3) is 0.219. The number of pyridine rings is 1. The molecule has 0 aliphatic carbocycles. The minimum absolute atomic E-state index is 0.122. The molecule has 1 aliphatic rings. The van der Waals surface area contributed by atoms with Gasteiger partial charge in [0.05, 0.1) is 35.6 Å². The van der Waals surface area contributed by atoms with Crippen molar-refractivity contribution in [1.29, 1.82) is 5.26 Å². The molecular weight excluding hydrogens is 602 g/mol. The van der Waals surface area contributed by atoms with Crippen molar-refractivity contribution in [1.82, 2.24) is 14.5 Å². The lowest BCUT2D eigenvalue weighted by molar-refractivity contribution is -0.119. The van der Waals surface area contributed by atoms with Gasteiger partial charge in [-0.1, -0.05) is 37.1 Å². The van der Waals surface area contributed by atoms with Crippen LogP contribution in [-0.4, -0.2) is 20.4 Å². The van der Waals surface area contributed by atoms with Gasteiger partial charge < -0.3 is 11.1 Å². The summed E-state index contributed by atoms with van der Waals surface area (Å²) in [5.74, 6) is 5.44. The molecule has 2 unspecified atom stereocenters. The van der Waals surface area contributed by atoms with E-state index in [9.17, 15) is 18.4 Å². The molecule has 2 aromatic carbocycles. The van der Waals surface area contributed by atoms with Crippen LogP contribution in [0.3, 0.4) is 0 Å². The number of hydrogen-bond donors (Lipinski definition) is 3. The summed E-state index contributed by atoms with van der Waals surface area (Å²) in [5.41, 5.74) is 8.10. The summed E-state index contributed by atoms with van der Waals surface area (Å²) in [6, 6.07) is 15.1. The molecule has 0 spiro atoms. The molecule has 1 amide bonds. The number of hydrogen-bond acceptors (Lipinski definition) is 8. The van der Waals surface area contributed by atoms with Crippen molar-refractivity contribution in [2.45, 2.75) is 38.7 Å². The van der Waals surface area contributed by atoms with Crippen LogP contribution >= 0.6 is 11.6 Å². The highest BCUT2D eigenvalue weighted by molar-refractivity contribution is 6.31. The number of allylic oxidation sites excluding steroid dienone is 1. The van der Waals surface area contributed by atoms with E-state index in [1.807, 2.05) is 0 Å². The van der Waals surface area contributed by atoms with Gasteiger partial charge in [0.1, 0.15) is 11.8 Å². The first-order valence-corrected chi connectivity index (χ1v) is 14.4. The molecule has 2 bridgehead atoms. The Kier molecular flexibility index (Phi) is 9.22. The number of hydrazine groups is 1. The molecular formula is C32H29ClF2N8O2. The lowest BCUT2D eigenvalue weighted by atomic mass is 9.95. The number of carbonyl (C=O) groups excluding carboxylic acids is 1. The molecule has 3 heterocycles. The molecule has 0 saturated heterocycles. The van der Waals surface area contributed by atoms with E-state index < -0.39 is 18.4 Å². The molecule has 4 aromatic rings. The SMILES string of the molecule is CC1CCCC(n2cnc(-c3cc(Cl)ccc3N(N)/C=C(\N)C#N)cc2=O)c2cc(ccn2)-c2ccc(C(F)F)cc2NC1=O. The Labute approximate surface area is 262 Å². The van der Waals surface area contributed by atoms with Gasteiger partial charge in [0.15, 0.2) is 0 Å². The molecule has 10 nitrogen and oxygen atoms in total. The van der Waals surface area contributed by atoms with Gasteiger partial charge in [-0.25, -0.2) is 19.6 Å². The minimum atomic E-state index is -2.70. The molecule has 0 fully saturated rings. The normalized spacial score (nSPS) is 17.0. The van der Waals surface area contributed by atoms with Crippen molar-refractivity contribution in [3.05, 3.63) is 106 Å². The third-order valence-electron chi connectivity index (χ3n) is 7.64. The van der Waals surface area contributed by atoms with E-state index in [1.54, 1.807) is 55.6 Å². The number of carbonyl (C=O) groups is 1. The number of halogens is 3. The number of alkyl halides is 2. The van der Waals surface area contributed by atoms with Crippen LogP contribution in [0.25, 0.3) is 22.4 Å². The van der Waals surface area contributed by atoms with E-state index in [-0.39, 0.29) is 34.1 Å². The summed E-state index contributed by atoms with van der Waals surface area (Å²) in [5, 5.41) is 13.4. The Morgan fingerprint density at radius 1 is 1.13 bits per heavy atom. The number of benzene rings is 2. The van der Waals surface area contributed by atoms with E-state index >= 15 is 0 Å². The number of nitriles is 1. The molecule has 2 atom stereocenters. The van der Waals surface area contributed by atoms with Crippen molar-refractivity contribution >= 4 is 28.9 Å². The van der Waals surface area contributed by atoms with Crippen molar-refractivity contribution in [3.8, 4) is 28.5 Å². The fourth-order valence-corrected chi connectivity index (χ4v) is 5.44. The van der Waals surface area contributed by atoms with Gasteiger partial charge in [0, 0.05) is 45.6 Å². The van der Waals surface area contributed by atoms with Crippen molar-refractivity contribution in [2.24, 2.45) is 17.5 Å². The van der Waals surface area contributed by atoms with Gasteiger partial charge in [-0.3, -0.25) is 24.1 Å². The molecule has 1 aliphatic heterocycles. The van der Waals surface area contributed by atoms with Crippen molar-refractivity contribution < 1.29 is 13.6 Å². The van der Waals surface area contributed by atoms with E-state index in [0.29, 0.717) is 52.4 Å². The Balaban J connectivity index is 1.59. The second kappa shape index (κ2) is 13.3. The molecule has 13 heteroatoms. The van der Waals surface area contributed by atoms with E-state index in [1.165, 1.54) is 35.3 Å². The van der Waals surface area contributed by atoms with Gasteiger partial charge in [0.2, 0.25) is 5.91 Å². The zero-order chi connectivity index (χ0) is 32.2. The topological polar surface area (TPSA) is 156 Å². The number of anilines is 2. The number of fused-ring (bicyclic) bond motifs is 4. The molecule has 2 aromatic heterocycles. The Bertz CT molecular complexity index is 1890. The van der Waals surface area contributed by atoms with Crippen LogP contribution < -0.4 is 27.5 Å². The maximum atomic E-state index is 13.7. The van der Waals surface area contributed by atoms with E-state index in [4.69, 9.17) is 28.4 Å². The van der Waals surface area contributed by atoms with E-state index in [2.05, 4.69) is 15.3 Å². The summed E-state index contributed by atoms with van der Waals surface area (Å²) in [6.07, 6.45) is 3.08. The van der Waals surface area contributed by atoms with Crippen LogP contribution in [0.2, 0.25) is 5.02 Å². The van der Waals surface area contributed by atoms with Crippen molar-refractivity contribution in [3.63, 3.8) is 0 Å². The maximum Gasteiger partial charge on any atom is 0.263 e. The average Bonchev–Trinajstić information content (AvgIpc) is 3.02. The summed E-state index contributed by atoms with van der Waals surface area (Å²) in [6.45, 7) is 1.77. The summed E-state index contributed by atoms with van der Waals surface area (Å²) in [7, 11) is 0. The van der Waals surface area contributed by atoms with Gasteiger partial charge >= 0.3 is 0 Å². The Hall–Kier alpha value is -5.12. The van der Waals surface area contributed by atoms with Gasteiger partial charge in [-0.05, 0) is 54.8 Å². The van der Waals surface area contributed by atoms with Crippen LogP contribution in [-0.2, 0) is 4.79 Å². The maximum absolute atomic E-state index is 13.7. The molecule has 5 rings (SSSR count). The van der Waals surface area contributed by atoms with Crippen LogP contribution in [0.4, 0.5) is 20.2 Å². The number of nitrogens with zero attached hydrogens (tertiary/aromatic N) is 5. The van der Waals surface area contributed by atoms with Crippen LogP contribution in [0.1, 0.15) is 49.9 Å². The predicted molar refractivity (Wildman–Crippen MR) is 168 cm³/mol. The molecule has 230 valence electrons. The third-order valence-corrected chi connectivity index (χ3v) is 7.88. The predicted octanol–water partition coefficient (Wildman–Crippen LogP) is 5.91. The fourth-order valence-electron chi connectivity index (χ4n) is 5.26. The molecule has 45 heavy (non-hydrogen) atoms. The molecule has 5 N–H and O–H groups in total. The summed E-state index contributed by atoms with van der Waals surface area (Å²) >= 11 is 6.27. The number of aromatic nitrogens is 3. The highest BCUT2D eigenvalue weighted by Gasteiger charge is 2.24. The van der Waals surface area contributed by atoms with E-state index in [0.717, 1.165) is 5.01 Å². The lowest BCUT2D eigenvalue weighted by Crippen LogP contribution is -2.28. The first kappa shape index (κ1) is 31.3. The van der Waals surface area contributed by atoms with Gasteiger partial charge in [-0.2, -0.15) is 5.26 Å². The number of nitrogens with two attached hydrogens (primary N) is 2. The summed E-state index contributed by atoms with van der Waals surface area (Å²) in [4.78, 5) is 35.9. The van der Waals surface area contributed by atoms with Crippen LogP contribution in [0.15, 0.2) is 83.8 Å². The monoisotopic (exact) mass is 630 g/mol. The number of rotatable bonds is 5. The minimum Gasteiger partial charge on any atom is -0.389 e. The standard InChI is InChI=1S/C32H29ClF2N8O2/c1-18-3-2-4-29(27-11-19(9-10-39-27)23-7-5-20(31(34)35)12-26(23)41-32(18)45)42-17-40-25(14-30(42)44)24-13-21(33)6-8-28(24)43(38)16-22(37)15-36/h5-14,16-18,29,31H,2-4,37-38H2,1H3,(H,41,45)/b22-16-. The zero-order valence-electron chi connectivity index (χ0n) is 24.1. The lowest BCUT2D eigenvalue weighted by Gasteiger charge is -2.23. The Morgan fingerprint density at radius 2 is 1.93 bits per heavy atom. The molecule has 0 radical (unpaired) electrons. The number of amides is 1. The Morgan fingerprint density at radius 3 is 2.67 bits per heavy atom. The second-order valence-corrected chi connectivity index (χ2v) is 11.1. The van der Waals surface area contributed by atoms with Crippen LogP contribution in [0.5, 0.6) is 0 Å². The average molecular weight is 631 g/mol. The first-order chi connectivity index (χ1) is 21.5. The first-order valence-electron chi connectivity index (χ1n) is 14.0. The second-order valence-electron chi connectivity index (χ2n) is 10.7. The van der Waals surface area contributed by atoms with Gasteiger partial charge in [0.25, 0.3) is 12.0 Å². The smallest absolute Gasteiger partial charge is 0.263 e. The van der Waals surface area contributed by atoms with Crippen LogP contribution in [0, 0.1) is 17.2 Å². The largest absolute Gasteiger partial charge is 0.389 e. The zero-order valence-corrected chi connectivity index (χ0v) is 24.9. The third kappa shape index (κ3) is 6.85. The van der Waals surface area contributed by atoms with Crippen molar-refractivity contribution in [2.75, 3.05) is 10.3 Å². The highest BCUT2D eigenvalue weighted by atomic mass is 35.5. The summed E-state index contributed by atoms with van der Waals surface area (Å²) < 4.78 is 28.5. The van der Waals surface area contributed by atoms with Gasteiger partial charge in [-0.15, -0.1) is 0 Å².